The highest BCUT2D eigenvalue weighted by Crippen LogP contribution is 2.33. The molecule has 0 bridgehead atoms. The van der Waals surface area contributed by atoms with Gasteiger partial charge in [0.05, 0.1) is 5.01 Å². The second-order valence-corrected chi connectivity index (χ2v) is 10.8. The predicted octanol–water partition coefficient (Wildman–Crippen LogP) is 6.88. The Balaban J connectivity index is 1.16. The van der Waals surface area contributed by atoms with Gasteiger partial charge in [-0.15, -0.1) is 11.3 Å². The van der Waals surface area contributed by atoms with E-state index in [-0.39, 0.29) is 17.6 Å². The van der Waals surface area contributed by atoms with Crippen molar-refractivity contribution in [1.82, 2.24) is 9.88 Å². The molecule has 2 amide bonds. The summed E-state index contributed by atoms with van der Waals surface area (Å²) in [5, 5.41) is 5.75. The van der Waals surface area contributed by atoms with Crippen LogP contribution in [0.15, 0.2) is 53.9 Å². The Labute approximate surface area is 215 Å². The Kier molecular flexibility index (Phi) is 7.75. The normalized spacial score (nSPS) is 16.9. The molecular formula is C29H32FN3O2S. The van der Waals surface area contributed by atoms with Gasteiger partial charge in [-0.3, -0.25) is 9.59 Å². The van der Waals surface area contributed by atoms with Gasteiger partial charge >= 0.3 is 0 Å². The second-order valence-electron chi connectivity index (χ2n) is 9.92. The van der Waals surface area contributed by atoms with Gasteiger partial charge in [0.25, 0.3) is 5.91 Å². The molecule has 5 nitrogen and oxygen atoms in total. The van der Waals surface area contributed by atoms with Crippen molar-refractivity contribution in [2.24, 2.45) is 5.92 Å². The van der Waals surface area contributed by atoms with Gasteiger partial charge in [0.15, 0.2) is 0 Å². The van der Waals surface area contributed by atoms with E-state index < -0.39 is 0 Å². The number of rotatable bonds is 7. The van der Waals surface area contributed by atoms with Crippen LogP contribution < -0.4 is 5.32 Å². The maximum atomic E-state index is 13.3. The molecule has 1 saturated carbocycles. The van der Waals surface area contributed by atoms with Crippen molar-refractivity contribution in [3.8, 4) is 11.1 Å². The standard InChI is InChI=1S/C29H32FN3O2S/c30-23-12-10-21(11-13-23)24-7-3-4-8-25(24)31-28(35)26-19-36-29(32-26)22-15-17-33(18-16-22)27(34)14-9-20-5-1-2-6-20/h3-4,7-8,10-13,19-20,22H,1-2,5-6,9,14-18H2,(H,31,35). The Bertz CT molecular complexity index is 1200. The van der Waals surface area contributed by atoms with Crippen LogP contribution in [0, 0.1) is 11.7 Å². The zero-order chi connectivity index (χ0) is 24.9. The molecular weight excluding hydrogens is 473 g/mol. The quantitative estimate of drug-likeness (QED) is 0.381. The fraction of sp³-hybridized carbons (Fsp3) is 0.414. The maximum absolute atomic E-state index is 13.3. The molecule has 0 radical (unpaired) electrons. The Morgan fingerprint density at radius 1 is 1.00 bits per heavy atom. The lowest BCUT2D eigenvalue weighted by molar-refractivity contribution is -0.132. The summed E-state index contributed by atoms with van der Waals surface area (Å²) in [6.45, 7) is 1.53. The monoisotopic (exact) mass is 505 g/mol. The smallest absolute Gasteiger partial charge is 0.275 e. The van der Waals surface area contributed by atoms with Crippen LogP contribution in [-0.2, 0) is 4.79 Å². The predicted molar refractivity (Wildman–Crippen MR) is 142 cm³/mol. The minimum atomic E-state index is -0.297. The molecule has 0 spiro atoms. The summed E-state index contributed by atoms with van der Waals surface area (Å²) in [6, 6.07) is 13.7. The van der Waals surface area contributed by atoms with E-state index in [1.54, 1.807) is 12.1 Å². The number of anilines is 1. The summed E-state index contributed by atoms with van der Waals surface area (Å²) in [5.41, 5.74) is 2.72. The summed E-state index contributed by atoms with van der Waals surface area (Å²) < 4.78 is 13.3. The van der Waals surface area contributed by atoms with Gasteiger partial charge in [0, 0.05) is 42.1 Å². The third kappa shape index (κ3) is 5.84. The van der Waals surface area contributed by atoms with Crippen LogP contribution in [0.2, 0.25) is 0 Å². The van der Waals surface area contributed by atoms with Crippen molar-refractivity contribution >= 4 is 28.8 Å². The molecule has 2 aliphatic rings. The molecule has 2 aromatic carbocycles. The molecule has 188 valence electrons. The van der Waals surface area contributed by atoms with Crippen molar-refractivity contribution < 1.29 is 14.0 Å². The molecule has 1 aliphatic carbocycles. The number of amides is 2. The second kappa shape index (κ2) is 11.3. The molecule has 2 fully saturated rings. The van der Waals surface area contributed by atoms with Gasteiger partial charge < -0.3 is 10.2 Å². The molecule has 1 aliphatic heterocycles. The van der Waals surface area contributed by atoms with E-state index in [0.717, 1.165) is 54.4 Å². The fourth-order valence-electron chi connectivity index (χ4n) is 5.40. The third-order valence-electron chi connectivity index (χ3n) is 7.52. The van der Waals surface area contributed by atoms with Crippen LogP contribution in [0.25, 0.3) is 11.1 Å². The number of piperidine rings is 1. The molecule has 0 unspecified atom stereocenters. The summed E-state index contributed by atoms with van der Waals surface area (Å²) in [7, 11) is 0. The van der Waals surface area contributed by atoms with Gasteiger partial charge in [-0.25, -0.2) is 9.37 Å². The summed E-state index contributed by atoms with van der Waals surface area (Å²) >= 11 is 1.52. The SMILES string of the molecule is O=C(Nc1ccccc1-c1ccc(F)cc1)c1csc(C2CCN(C(=O)CCC3CCCC3)CC2)n1. The average Bonchev–Trinajstić information content (AvgIpc) is 3.61. The number of hydrogen-bond acceptors (Lipinski definition) is 4. The van der Waals surface area contributed by atoms with Gasteiger partial charge in [-0.2, -0.15) is 0 Å². The highest BCUT2D eigenvalue weighted by atomic mass is 32.1. The van der Waals surface area contributed by atoms with Gasteiger partial charge in [0.2, 0.25) is 5.91 Å². The minimum absolute atomic E-state index is 0.258. The highest BCUT2D eigenvalue weighted by molar-refractivity contribution is 7.10. The number of halogens is 1. The molecule has 1 saturated heterocycles. The van der Waals surface area contributed by atoms with Crippen LogP contribution in [0.3, 0.4) is 0 Å². The van der Waals surface area contributed by atoms with Crippen molar-refractivity contribution in [1.29, 1.82) is 0 Å². The Morgan fingerprint density at radius 2 is 1.72 bits per heavy atom. The molecule has 7 heteroatoms. The lowest BCUT2D eigenvalue weighted by atomic mass is 9.96. The number of hydrogen-bond donors (Lipinski definition) is 1. The number of aromatic nitrogens is 1. The number of benzene rings is 2. The zero-order valence-corrected chi connectivity index (χ0v) is 21.2. The number of thiazole rings is 1. The largest absolute Gasteiger partial charge is 0.343 e. The number of carbonyl (C=O) groups is 2. The van der Waals surface area contributed by atoms with E-state index in [2.05, 4.69) is 10.3 Å². The molecule has 36 heavy (non-hydrogen) atoms. The van der Waals surface area contributed by atoms with Crippen LogP contribution in [0.4, 0.5) is 10.1 Å². The van der Waals surface area contributed by atoms with Crippen molar-refractivity contribution in [3.05, 3.63) is 70.4 Å². The molecule has 5 rings (SSSR count). The van der Waals surface area contributed by atoms with E-state index in [1.807, 2.05) is 34.5 Å². The summed E-state index contributed by atoms with van der Waals surface area (Å²) in [4.78, 5) is 32.3. The summed E-state index contributed by atoms with van der Waals surface area (Å²) in [6.07, 6.45) is 8.69. The van der Waals surface area contributed by atoms with Crippen LogP contribution in [0.5, 0.6) is 0 Å². The van der Waals surface area contributed by atoms with Gasteiger partial charge in [-0.1, -0.05) is 56.0 Å². The van der Waals surface area contributed by atoms with Gasteiger partial charge in [0.1, 0.15) is 11.5 Å². The first-order valence-corrected chi connectivity index (χ1v) is 13.8. The van der Waals surface area contributed by atoms with Crippen LogP contribution in [0.1, 0.15) is 72.8 Å². The molecule has 0 atom stereocenters. The summed E-state index contributed by atoms with van der Waals surface area (Å²) in [5.74, 6) is 0.761. The van der Waals surface area contributed by atoms with Crippen molar-refractivity contribution in [2.75, 3.05) is 18.4 Å². The van der Waals surface area contributed by atoms with Crippen molar-refractivity contribution in [3.63, 3.8) is 0 Å². The number of para-hydroxylation sites is 1. The number of carbonyl (C=O) groups excluding carboxylic acids is 2. The number of likely N-dealkylation sites (tertiary alicyclic amines) is 1. The average molecular weight is 506 g/mol. The lowest BCUT2D eigenvalue weighted by Crippen LogP contribution is -2.38. The fourth-order valence-corrected chi connectivity index (χ4v) is 6.37. The maximum Gasteiger partial charge on any atom is 0.275 e. The first-order chi connectivity index (χ1) is 17.6. The molecule has 1 aromatic heterocycles. The third-order valence-corrected chi connectivity index (χ3v) is 8.53. The van der Waals surface area contributed by atoms with Crippen LogP contribution >= 0.6 is 11.3 Å². The molecule has 2 heterocycles. The number of nitrogens with one attached hydrogen (secondary N) is 1. The Hall–Kier alpha value is -3.06. The number of nitrogens with zero attached hydrogens (tertiary/aromatic N) is 2. The van der Waals surface area contributed by atoms with E-state index in [0.29, 0.717) is 23.7 Å². The first-order valence-electron chi connectivity index (χ1n) is 13.0. The molecule has 1 N–H and O–H groups in total. The van der Waals surface area contributed by atoms with Crippen molar-refractivity contribution in [2.45, 2.75) is 57.3 Å². The van der Waals surface area contributed by atoms with Crippen LogP contribution in [-0.4, -0.2) is 34.8 Å². The highest BCUT2D eigenvalue weighted by Gasteiger charge is 2.27. The van der Waals surface area contributed by atoms with E-state index >= 15 is 0 Å². The van der Waals surface area contributed by atoms with E-state index in [4.69, 9.17) is 0 Å². The Morgan fingerprint density at radius 3 is 2.47 bits per heavy atom. The zero-order valence-electron chi connectivity index (χ0n) is 20.4. The van der Waals surface area contributed by atoms with Gasteiger partial charge in [-0.05, 0) is 48.9 Å². The van der Waals surface area contributed by atoms with E-state index in [9.17, 15) is 14.0 Å². The molecule has 3 aromatic rings. The minimum Gasteiger partial charge on any atom is -0.343 e. The lowest BCUT2D eigenvalue weighted by Gasteiger charge is -2.31. The first kappa shape index (κ1) is 24.6. The topological polar surface area (TPSA) is 62.3 Å². The van der Waals surface area contributed by atoms with E-state index in [1.165, 1.54) is 49.2 Å².